The van der Waals surface area contributed by atoms with Crippen LogP contribution in [0, 0.1) is 10.1 Å². The van der Waals surface area contributed by atoms with Crippen LogP contribution in [0.3, 0.4) is 0 Å². The van der Waals surface area contributed by atoms with E-state index in [2.05, 4.69) is 10.3 Å². The smallest absolute Gasteiger partial charge is 0.407 e. The second-order valence-corrected chi connectivity index (χ2v) is 5.19. The van der Waals surface area contributed by atoms with E-state index in [1.54, 1.807) is 32.9 Å². The number of carbonyl (C=O) groups excluding carboxylic acids is 1. The highest BCUT2D eigenvalue weighted by atomic mass is 16.6. The van der Waals surface area contributed by atoms with Crippen molar-refractivity contribution < 1.29 is 14.5 Å². The highest BCUT2D eigenvalue weighted by Crippen LogP contribution is 2.08. The van der Waals surface area contributed by atoms with E-state index in [0.29, 0.717) is 5.56 Å². The van der Waals surface area contributed by atoms with E-state index in [1.807, 2.05) is 0 Å². The Labute approximate surface area is 121 Å². The summed E-state index contributed by atoms with van der Waals surface area (Å²) in [5.74, 6) is 0. The Kier molecular flexibility index (Phi) is 5.23. The van der Waals surface area contributed by atoms with Gasteiger partial charge in [0.15, 0.2) is 0 Å². The molecule has 0 spiro atoms. The van der Waals surface area contributed by atoms with Gasteiger partial charge in [0, 0.05) is 18.8 Å². The summed E-state index contributed by atoms with van der Waals surface area (Å²) >= 11 is 0. The van der Waals surface area contributed by atoms with Gasteiger partial charge >= 0.3 is 17.3 Å². The maximum absolute atomic E-state index is 11.4. The second kappa shape index (κ2) is 6.69. The van der Waals surface area contributed by atoms with Crippen LogP contribution in [0.25, 0.3) is 6.08 Å². The van der Waals surface area contributed by atoms with Crippen LogP contribution in [0.2, 0.25) is 0 Å². The molecule has 21 heavy (non-hydrogen) atoms. The van der Waals surface area contributed by atoms with Gasteiger partial charge in [-0.3, -0.25) is 14.9 Å². The lowest BCUT2D eigenvalue weighted by molar-refractivity contribution is -0.386. The standard InChI is InChI=1S/C13H17N3O5/c1-13(2,3)21-12(18)14-6-4-5-9-7-10(16(19)20)11(17)15-8-9/h4-5,7-8H,6H2,1-3H3,(H,14,18)(H,15,17). The van der Waals surface area contributed by atoms with Crippen LogP contribution in [0.1, 0.15) is 26.3 Å². The van der Waals surface area contributed by atoms with Gasteiger partial charge in [0.2, 0.25) is 0 Å². The predicted molar refractivity (Wildman–Crippen MR) is 77.0 cm³/mol. The molecule has 2 N–H and O–H groups in total. The quantitative estimate of drug-likeness (QED) is 0.649. The third-order valence-electron chi connectivity index (χ3n) is 2.18. The molecule has 1 amide bonds. The Morgan fingerprint density at radius 3 is 2.76 bits per heavy atom. The molecule has 0 saturated carbocycles. The first kappa shape index (κ1) is 16.4. The number of aromatic nitrogens is 1. The van der Waals surface area contributed by atoms with Crippen molar-refractivity contribution in [3.63, 3.8) is 0 Å². The molecule has 114 valence electrons. The molecule has 0 unspecified atom stereocenters. The van der Waals surface area contributed by atoms with Crippen molar-refractivity contribution in [2.45, 2.75) is 26.4 Å². The molecule has 1 aromatic heterocycles. The second-order valence-electron chi connectivity index (χ2n) is 5.19. The van der Waals surface area contributed by atoms with Crippen LogP contribution in [-0.4, -0.2) is 28.1 Å². The van der Waals surface area contributed by atoms with E-state index < -0.39 is 27.9 Å². The molecule has 0 saturated heterocycles. The number of nitrogens with zero attached hydrogens (tertiary/aromatic N) is 1. The fourth-order valence-electron chi connectivity index (χ4n) is 1.37. The Morgan fingerprint density at radius 2 is 2.19 bits per heavy atom. The molecular weight excluding hydrogens is 278 g/mol. The Balaban J connectivity index is 2.59. The summed E-state index contributed by atoms with van der Waals surface area (Å²) in [6, 6.07) is 1.16. The van der Waals surface area contributed by atoms with E-state index in [1.165, 1.54) is 6.20 Å². The van der Waals surface area contributed by atoms with Crippen LogP contribution in [0.4, 0.5) is 10.5 Å². The molecule has 0 radical (unpaired) electrons. The lowest BCUT2D eigenvalue weighted by Gasteiger charge is -2.19. The summed E-state index contributed by atoms with van der Waals surface area (Å²) in [5.41, 5.74) is -1.42. The van der Waals surface area contributed by atoms with Crippen molar-refractivity contribution in [1.29, 1.82) is 0 Å². The van der Waals surface area contributed by atoms with Crippen molar-refractivity contribution in [2.24, 2.45) is 0 Å². The zero-order chi connectivity index (χ0) is 16.0. The van der Waals surface area contributed by atoms with E-state index in [0.717, 1.165) is 6.07 Å². The summed E-state index contributed by atoms with van der Waals surface area (Å²) in [6.07, 6.45) is 3.92. The number of hydrogen-bond acceptors (Lipinski definition) is 5. The molecular formula is C13H17N3O5. The molecule has 8 nitrogen and oxygen atoms in total. The Bertz CT molecular complexity index is 613. The molecule has 0 fully saturated rings. The average molecular weight is 295 g/mol. The van der Waals surface area contributed by atoms with Gasteiger partial charge in [0.05, 0.1) is 4.92 Å². The summed E-state index contributed by atoms with van der Waals surface area (Å²) < 4.78 is 5.04. The van der Waals surface area contributed by atoms with Gasteiger partial charge in [-0.15, -0.1) is 0 Å². The number of nitrogens with one attached hydrogen (secondary N) is 2. The minimum atomic E-state index is -0.760. The van der Waals surface area contributed by atoms with Crippen LogP contribution in [0.15, 0.2) is 23.1 Å². The number of pyridine rings is 1. The van der Waals surface area contributed by atoms with Crippen molar-refractivity contribution in [3.8, 4) is 0 Å². The van der Waals surface area contributed by atoms with Gasteiger partial charge in [0.25, 0.3) is 0 Å². The molecule has 0 atom stereocenters. The molecule has 0 aliphatic carbocycles. The number of aromatic amines is 1. The maximum Gasteiger partial charge on any atom is 0.407 e. The highest BCUT2D eigenvalue weighted by molar-refractivity contribution is 5.68. The van der Waals surface area contributed by atoms with Gasteiger partial charge in [-0.2, -0.15) is 0 Å². The molecule has 0 aromatic carbocycles. The molecule has 0 aliphatic rings. The molecule has 0 aliphatic heterocycles. The average Bonchev–Trinajstić information content (AvgIpc) is 2.34. The normalized spacial score (nSPS) is 11.4. The molecule has 1 aromatic rings. The predicted octanol–water partition coefficient (Wildman–Crippen LogP) is 1.82. The first-order valence-corrected chi connectivity index (χ1v) is 6.19. The third kappa shape index (κ3) is 5.89. The van der Waals surface area contributed by atoms with Gasteiger partial charge in [-0.25, -0.2) is 4.79 Å². The van der Waals surface area contributed by atoms with Crippen molar-refractivity contribution in [2.75, 3.05) is 6.54 Å². The minimum absolute atomic E-state index is 0.196. The van der Waals surface area contributed by atoms with Gasteiger partial charge in [-0.05, 0) is 26.3 Å². The topological polar surface area (TPSA) is 114 Å². The number of carbonyl (C=O) groups is 1. The van der Waals surface area contributed by atoms with E-state index in [9.17, 15) is 19.7 Å². The van der Waals surface area contributed by atoms with Crippen LogP contribution in [0.5, 0.6) is 0 Å². The number of H-pyrrole nitrogens is 1. The first-order chi connectivity index (χ1) is 9.69. The van der Waals surface area contributed by atoms with E-state index in [4.69, 9.17) is 4.74 Å². The van der Waals surface area contributed by atoms with Crippen molar-refractivity contribution in [3.05, 3.63) is 44.4 Å². The summed E-state index contributed by atoms with van der Waals surface area (Å²) in [5, 5.41) is 13.1. The first-order valence-electron chi connectivity index (χ1n) is 6.19. The zero-order valence-corrected chi connectivity index (χ0v) is 12.0. The Hall–Kier alpha value is -2.64. The number of rotatable bonds is 4. The third-order valence-corrected chi connectivity index (χ3v) is 2.18. The summed E-state index contributed by atoms with van der Waals surface area (Å²) in [7, 11) is 0. The molecule has 8 heteroatoms. The van der Waals surface area contributed by atoms with E-state index >= 15 is 0 Å². The largest absolute Gasteiger partial charge is 0.444 e. The van der Waals surface area contributed by atoms with Crippen molar-refractivity contribution in [1.82, 2.24) is 10.3 Å². The lowest BCUT2D eigenvalue weighted by atomic mass is 10.2. The highest BCUT2D eigenvalue weighted by Gasteiger charge is 2.15. The fourth-order valence-corrected chi connectivity index (χ4v) is 1.37. The molecule has 1 heterocycles. The van der Waals surface area contributed by atoms with E-state index in [-0.39, 0.29) is 6.54 Å². The number of nitro groups is 1. The van der Waals surface area contributed by atoms with Crippen LogP contribution < -0.4 is 10.9 Å². The summed E-state index contributed by atoms with van der Waals surface area (Å²) in [4.78, 5) is 34.7. The number of amides is 1. The SMILES string of the molecule is CC(C)(C)OC(=O)NCC=Cc1c[nH]c(=O)c([N+](=O)[O-])c1. The Morgan fingerprint density at radius 1 is 1.52 bits per heavy atom. The monoisotopic (exact) mass is 295 g/mol. The molecule has 0 bridgehead atoms. The van der Waals surface area contributed by atoms with Crippen LogP contribution in [-0.2, 0) is 4.74 Å². The maximum atomic E-state index is 11.4. The number of hydrogen-bond donors (Lipinski definition) is 2. The molecule has 1 rings (SSSR count). The fraction of sp³-hybridized carbons (Fsp3) is 0.385. The van der Waals surface area contributed by atoms with Gasteiger partial charge in [-0.1, -0.05) is 12.2 Å². The lowest BCUT2D eigenvalue weighted by Crippen LogP contribution is -2.32. The zero-order valence-electron chi connectivity index (χ0n) is 12.0. The summed E-state index contributed by atoms with van der Waals surface area (Å²) in [6.45, 7) is 5.45. The van der Waals surface area contributed by atoms with Crippen molar-refractivity contribution >= 4 is 17.9 Å². The van der Waals surface area contributed by atoms with Crippen LogP contribution >= 0.6 is 0 Å². The van der Waals surface area contributed by atoms with Gasteiger partial charge in [0.1, 0.15) is 5.60 Å². The number of alkyl carbamates (subject to hydrolysis) is 1. The minimum Gasteiger partial charge on any atom is -0.444 e. The van der Waals surface area contributed by atoms with Gasteiger partial charge < -0.3 is 15.0 Å². The number of ether oxygens (including phenoxy) is 1.